The first kappa shape index (κ1) is 15.5. The van der Waals surface area contributed by atoms with Crippen molar-refractivity contribution in [2.45, 2.75) is 18.6 Å². The van der Waals surface area contributed by atoms with Crippen molar-refractivity contribution in [1.29, 1.82) is 0 Å². The Labute approximate surface area is 135 Å². The third-order valence-corrected chi connectivity index (χ3v) is 3.93. The highest BCUT2D eigenvalue weighted by molar-refractivity contribution is 5.95. The highest BCUT2D eigenvalue weighted by Gasteiger charge is 2.33. The summed E-state index contributed by atoms with van der Waals surface area (Å²) in [6.07, 6.45) is 0.0368. The summed E-state index contributed by atoms with van der Waals surface area (Å²) in [7, 11) is 1.84. The lowest BCUT2D eigenvalue weighted by molar-refractivity contribution is -0.120. The van der Waals surface area contributed by atoms with E-state index in [4.69, 9.17) is 4.74 Å². The predicted molar refractivity (Wildman–Crippen MR) is 88.6 cm³/mol. The molecule has 1 aliphatic rings. The van der Waals surface area contributed by atoms with Gasteiger partial charge in [-0.05, 0) is 49.9 Å². The van der Waals surface area contributed by atoms with E-state index in [0.29, 0.717) is 24.4 Å². The number of benzene rings is 2. The molecule has 0 bridgehead atoms. The molecule has 2 atom stereocenters. The predicted octanol–water partition coefficient (Wildman–Crippen LogP) is 2.48. The van der Waals surface area contributed by atoms with Gasteiger partial charge < -0.3 is 15.2 Å². The lowest BCUT2D eigenvalue weighted by Gasteiger charge is -2.18. The van der Waals surface area contributed by atoms with Crippen LogP contribution in [0.15, 0.2) is 54.6 Å². The number of aliphatic hydroxyl groups excluding tert-OH is 1. The van der Waals surface area contributed by atoms with Gasteiger partial charge in [0.1, 0.15) is 11.5 Å². The minimum absolute atomic E-state index is 0.0965. The van der Waals surface area contributed by atoms with Gasteiger partial charge in [-0.2, -0.15) is 0 Å². The third kappa shape index (κ3) is 3.88. The summed E-state index contributed by atoms with van der Waals surface area (Å²) in [5.41, 5.74) is 0.713. The number of carbonyl (C=O) groups excluding carboxylic acids is 1. The smallest absolute Gasteiger partial charge is 0.241 e. The quantitative estimate of drug-likeness (QED) is 0.910. The molecule has 120 valence electrons. The standard InChI is InChI=1S/C18H20N2O3/c1-20-12-14(21)11-17(20)18(22)19-13-7-9-16(10-8-13)23-15-5-3-2-4-6-15/h2-10,14,17,21H,11-12H2,1H3,(H,19,22). The van der Waals surface area contributed by atoms with Gasteiger partial charge in [-0.15, -0.1) is 0 Å². The fraction of sp³-hybridized carbons (Fsp3) is 0.278. The van der Waals surface area contributed by atoms with E-state index in [1.807, 2.05) is 66.5 Å². The Hall–Kier alpha value is -2.37. The molecule has 2 aromatic rings. The molecule has 0 saturated carbocycles. The van der Waals surface area contributed by atoms with Crippen LogP contribution in [0, 0.1) is 0 Å². The number of hydrogen-bond donors (Lipinski definition) is 2. The van der Waals surface area contributed by atoms with E-state index in [0.717, 1.165) is 5.75 Å². The number of carbonyl (C=O) groups is 1. The Kier molecular flexibility index (Phi) is 4.60. The number of nitrogens with zero attached hydrogens (tertiary/aromatic N) is 1. The number of rotatable bonds is 4. The Bertz CT molecular complexity index is 658. The van der Waals surface area contributed by atoms with Crippen molar-refractivity contribution in [3.63, 3.8) is 0 Å². The molecule has 1 heterocycles. The second kappa shape index (κ2) is 6.81. The number of nitrogens with one attached hydrogen (secondary N) is 1. The van der Waals surface area contributed by atoms with Gasteiger partial charge in [-0.25, -0.2) is 0 Å². The van der Waals surface area contributed by atoms with Gasteiger partial charge in [0.25, 0.3) is 0 Å². The van der Waals surface area contributed by atoms with Crippen LogP contribution in [0.25, 0.3) is 0 Å². The number of aliphatic hydroxyl groups is 1. The Morgan fingerprint density at radius 3 is 2.39 bits per heavy atom. The molecule has 1 fully saturated rings. The maximum atomic E-state index is 12.3. The molecule has 1 saturated heterocycles. The van der Waals surface area contributed by atoms with Crippen LogP contribution >= 0.6 is 0 Å². The van der Waals surface area contributed by atoms with Crippen LogP contribution in [-0.2, 0) is 4.79 Å². The molecule has 0 radical (unpaired) electrons. The van der Waals surface area contributed by atoms with E-state index >= 15 is 0 Å². The second-order valence-electron chi connectivity index (χ2n) is 5.77. The van der Waals surface area contributed by atoms with Crippen LogP contribution in [0.1, 0.15) is 6.42 Å². The Morgan fingerprint density at radius 2 is 1.78 bits per heavy atom. The number of β-amino-alcohol motifs (C(OH)–C–C–N with tert-alkyl or cyclic N) is 1. The summed E-state index contributed by atoms with van der Waals surface area (Å²) < 4.78 is 5.72. The number of para-hydroxylation sites is 1. The zero-order valence-corrected chi connectivity index (χ0v) is 13.0. The summed E-state index contributed by atoms with van der Waals surface area (Å²) in [6, 6.07) is 16.5. The largest absolute Gasteiger partial charge is 0.457 e. The molecular formula is C18H20N2O3. The van der Waals surface area contributed by atoms with Crippen molar-refractivity contribution >= 4 is 11.6 Å². The van der Waals surface area contributed by atoms with Gasteiger partial charge in [-0.3, -0.25) is 9.69 Å². The first-order valence-corrected chi connectivity index (χ1v) is 7.64. The molecule has 0 aromatic heterocycles. The first-order chi connectivity index (χ1) is 11.1. The third-order valence-electron chi connectivity index (χ3n) is 3.93. The molecule has 2 aromatic carbocycles. The van der Waals surface area contributed by atoms with Crippen LogP contribution in [0.5, 0.6) is 11.5 Å². The van der Waals surface area contributed by atoms with Gasteiger partial charge in [0, 0.05) is 12.2 Å². The molecule has 23 heavy (non-hydrogen) atoms. The topological polar surface area (TPSA) is 61.8 Å². The van der Waals surface area contributed by atoms with E-state index in [2.05, 4.69) is 5.32 Å². The fourth-order valence-electron chi connectivity index (χ4n) is 2.74. The summed E-state index contributed by atoms with van der Waals surface area (Å²) in [5.74, 6) is 1.38. The minimum Gasteiger partial charge on any atom is -0.457 e. The average Bonchev–Trinajstić information content (AvgIpc) is 2.89. The first-order valence-electron chi connectivity index (χ1n) is 7.64. The Morgan fingerprint density at radius 1 is 1.13 bits per heavy atom. The van der Waals surface area contributed by atoms with Crippen molar-refractivity contribution < 1.29 is 14.6 Å². The number of likely N-dealkylation sites (tertiary alicyclic amines) is 1. The normalized spacial score (nSPS) is 21.1. The van der Waals surface area contributed by atoms with Crippen molar-refractivity contribution in [2.24, 2.45) is 0 Å². The van der Waals surface area contributed by atoms with Gasteiger partial charge in [0.15, 0.2) is 0 Å². The molecular weight excluding hydrogens is 292 g/mol. The minimum atomic E-state index is -0.433. The van der Waals surface area contributed by atoms with Crippen LogP contribution in [0.2, 0.25) is 0 Å². The molecule has 0 spiro atoms. The molecule has 3 rings (SSSR count). The van der Waals surface area contributed by atoms with Crippen molar-refractivity contribution in [3.05, 3.63) is 54.6 Å². The molecule has 5 heteroatoms. The number of ether oxygens (including phenoxy) is 1. The molecule has 5 nitrogen and oxygen atoms in total. The van der Waals surface area contributed by atoms with E-state index in [1.165, 1.54) is 0 Å². The van der Waals surface area contributed by atoms with E-state index in [-0.39, 0.29) is 11.9 Å². The van der Waals surface area contributed by atoms with Crippen LogP contribution in [-0.4, -0.2) is 41.7 Å². The molecule has 1 aliphatic heterocycles. The van der Waals surface area contributed by atoms with E-state index in [9.17, 15) is 9.90 Å². The van der Waals surface area contributed by atoms with Crippen molar-refractivity contribution in [2.75, 3.05) is 18.9 Å². The van der Waals surface area contributed by atoms with Gasteiger partial charge in [0.05, 0.1) is 12.1 Å². The monoisotopic (exact) mass is 312 g/mol. The molecule has 0 aliphatic carbocycles. The van der Waals surface area contributed by atoms with Crippen LogP contribution in [0.3, 0.4) is 0 Å². The summed E-state index contributed by atoms with van der Waals surface area (Å²) in [6.45, 7) is 0.530. The summed E-state index contributed by atoms with van der Waals surface area (Å²) in [4.78, 5) is 14.1. The van der Waals surface area contributed by atoms with E-state index in [1.54, 1.807) is 0 Å². The van der Waals surface area contributed by atoms with Gasteiger partial charge in [0.2, 0.25) is 5.91 Å². The second-order valence-corrected chi connectivity index (χ2v) is 5.77. The maximum absolute atomic E-state index is 12.3. The number of hydrogen-bond acceptors (Lipinski definition) is 4. The van der Waals surface area contributed by atoms with Crippen LogP contribution < -0.4 is 10.1 Å². The Balaban J connectivity index is 1.60. The lowest BCUT2D eigenvalue weighted by Crippen LogP contribution is -2.37. The number of likely N-dealkylation sites (N-methyl/N-ethyl adjacent to an activating group) is 1. The average molecular weight is 312 g/mol. The molecule has 2 N–H and O–H groups in total. The highest BCUT2D eigenvalue weighted by atomic mass is 16.5. The zero-order valence-electron chi connectivity index (χ0n) is 13.0. The van der Waals surface area contributed by atoms with Crippen molar-refractivity contribution in [1.82, 2.24) is 4.90 Å². The van der Waals surface area contributed by atoms with Crippen molar-refractivity contribution in [3.8, 4) is 11.5 Å². The highest BCUT2D eigenvalue weighted by Crippen LogP contribution is 2.23. The molecule has 2 unspecified atom stereocenters. The van der Waals surface area contributed by atoms with Crippen LogP contribution in [0.4, 0.5) is 5.69 Å². The zero-order chi connectivity index (χ0) is 16.2. The molecule has 1 amide bonds. The summed E-state index contributed by atoms with van der Waals surface area (Å²) in [5, 5.41) is 12.5. The van der Waals surface area contributed by atoms with E-state index < -0.39 is 6.10 Å². The fourth-order valence-corrected chi connectivity index (χ4v) is 2.74. The number of amides is 1. The lowest BCUT2D eigenvalue weighted by atomic mass is 10.2. The summed E-state index contributed by atoms with van der Waals surface area (Å²) >= 11 is 0. The number of anilines is 1. The SMILES string of the molecule is CN1CC(O)CC1C(=O)Nc1ccc(Oc2ccccc2)cc1. The maximum Gasteiger partial charge on any atom is 0.241 e. The van der Waals surface area contributed by atoms with Gasteiger partial charge >= 0.3 is 0 Å². The van der Waals surface area contributed by atoms with Gasteiger partial charge in [-0.1, -0.05) is 18.2 Å².